The van der Waals surface area contributed by atoms with Crippen molar-refractivity contribution >= 4 is 11.6 Å². The first-order valence-corrected chi connectivity index (χ1v) is 13.4. The fraction of sp³-hybridized carbons (Fsp3) is 0.281. The highest BCUT2D eigenvalue weighted by molar-refractivity contribution is 5.97. The molecule has 0 aliphatic carbocycles. The lowest BCUT2D eigenvalue weighted by atomic mass is 9.80. The number of fused-ring (bicyclic) bond motifs is 1. The number of halogens is 1. The molecule has 0 saturated carbocycles. The number of hydrogen-bond donors (Lipinski definition) is 0. The number of rotatable bonds is 6. The van der Waals surface area contributed by atoms with Crippen molar-refractivity contribution in [3.05, 3.63) is 125 Å². The summed E-state index contributed by atoms with van der Waals surface area (Å²) in [4.78, 5) is 20.9. The number of carbonyl (C=O) groups is 1. The topological polar surface area (TPSA) is 31.7 Å². The van der Waals surface area contributed by atoms with Gasteiger partial charge in [-0.25, -0.2) is 4.39 Å². The van der Waals surface area contributed by atoms with Gasteiger partial charge in [0.25, 0.3) is 5.91 Å². The third kappa shape index (κ3) is 4.72. The van der Waals surface area contributed by atoms with Crippen LogP contribution < -0.4 is 4.90 Å². The van der Waals surface area contributed by atoms with Gasteiger partial charge in [-0.15, -0.1) is 0 Å². The second kappa shape index (κ2) is 10.5. The summed E-state index contributed by atoms with van der Waals surface area (Å²) < 4.78 is 15.6. The molecule has 0 N–H and O–H groups in total. The number of aryl methyl sites for hydroxylation is 1. The van der Waals surface area contributed by atoms with E-state index in [9.17, 15) is 9.18 Å². The number of hydrogen-bond acceptors (Lipinski definition) is 3. The number of nitrogens with zero attached hydrogens (tertiary/aromatic N) is 4. The molecular formula is C32H33FN4O. The first-order chi connectivity index (χ1) is 18.6. The molecule has 1 aromatic heterocycles. The minimum Gasteiger partial charge on any atom is -0.369 e. The summed E-state index contributed by atoms with van der Waals surface area (Å²) in [6.07, 6.45) is 2.07. The zero-order chi connectivity index (χ0) is 26.1. The monoisotopic (exact) mass is 508 g/mol. The summed E-state index contributed by atoms with van der Waals surface area (Å²) in [5.74, 6) is 0.0243. The number of anilines is 1. The van der Waals surface area contributed by atoms with Crippen LogP contribution in [0.25, 0.3) is 0 Å². The molecule has 0 bridgehead atoms. The van der Waals surface area contributed by atoms with Gasteiger partial charge in [-0.05, 0) is 53.6 Å². The van der Waals surface area contributed by atoms with E-state index in [1.165, 1.54) is 12.1 Å². The lowest BCUT2D eigenvalue weighted by Crippen LogP contribution is -2.50. The summed E-state index contributed by atoms with van der Waals surface area (Å²) in [7, 11) is 2.07. The van der Waals surface area contributed by atoms with E-state index in [1.807, 2.05) is 42.5 Å². The summed E-state index contributed by atoms with van der Waals surface area (Å²) in [6, 6.07) is 29.4. The van der Waals surface area contributed by atoms with Crippen molar-refractivity contribution in [2.45, 2.75) is 18.5 Å². The van der Waals surface area contributed by atoms with Crippen LogP contribution in [0.2, 0.25) is 0 Å². The van der Waals surface area contributed by atoms with Gasteiger partial charge < -0.3 is 14.4 Å². The Labute approximate surface area is 223 Å². The quantitative estimate of drug-likeness (QED) is 0.346. The summed E-state index contributed by atoms with van der Waals surface area (Å²) in [5, 5.41) is 0. The average molecular weight is 509 g/mol. The molecule has 194 valence electrons. The van der Waals surface area contributed by atoms with Crippen LogP contribution in [0.4, 0.5) is 10.1 Å². The molecule has 3 heterocycles. The minimum atomic E-state index is -0.204. The largest absolute Gasteiger partial charge is 0.369 e. The Kier molecular flexibility index (Phi) is 6.73. The zero-order valence-corrected chi connectivity index (χ0v) is 21.7. The maximum Gasteiger partial charge on any atom is 0.255 e. The molecule has 4 aromatic rings. The first kappa shape index (κ1) is 24.4. The molecule has 1 fully saturated rings. The minimum absolute atomic E-state index is 0.0762. The highest BCUT2D eigenvalue weighted by Crippen LogP contribution is 2.44. The van der Waals surface area contributed by atoms with Crippen LogP contribution in [0, 0.1) is 5.82 Å². The van der Waals surface area contributed by atoms with Crippen LogP contribution in [0.5, 0.6) is 0 Å². The van der Waals surface area contributed by atoms with Crippen molar-refractivity contribution in [2.24, 2.45) is 7.05 Å². The van der Waals surface area contributed by atoms with E-state index < -0.39 is 0 Å². The molecular weight excluding hydrogens is 475 g/mol. The average Bonchev–Trinajstić information content (AvgIpc) is 3.38. The molecule has 2 aliphatic rings. The van der Waals surface area contributed by atoms with E-state index in [0.29, 0.717) is 6.54 Å². The molecule has 0 radical (unpaired) electrons. The SMILES string of the molecule is Cn1cccc1C1C(CN2CCN(c3ccc(F)cc3)CC2)c2ccccc2C(=O)N1Cc1ccccc1. The summed E-state index contributed by atoms with van der Waals surface area (Å²) in [5.41, 5.74) is 5.29. The number of benzene rings is 3. The second-order valence-corrected chi connectivity index (χ2v) is 10.4. The Balaban J connectivity index is 1.31. The molecule has 2 atom stereocenters. The fourth-order valence-corrected chi connectivity index (χ4v) is 6.10. The van der Waals surface area contributed by atoms with Crippen LogP contribution in [0.1, 0.15) is 39.1 Å². The van der Waals surface area contributed by atoms with Crippen molar-refractivity contribution in [2.75, 3.05) is 37.6 Å². The Morgan fingerprint density at radius 1 is 0.816 bits per heavy atom. The van der Waals surface area contributed by atoms with E-state index in [0.717, 1.165) is 60.8 Å². The van der Waals surface area contributed by atoms with Gasteiger partial charge in [-0.2, -0.15) is 0 Å². The zero-order valence-electron chi connectivity index (χ0n) is 21.7. The Morgan fingerprint density at radius 3 is 2.24 bits per heavy atom. The van der Waals surface area contributed by atoms with Gasteiger partial charge in [0.2, 0.25) is 0 Å². The van der Waals surface area contributed by atoms with E-state index in [-0.39, 0.29) is 23.7 Å². The molecule has 38 heavy (non-hydrogen) atoms. The van der Waals surface area contributed by atoms with Crippen LogP contribution in [0.3, 0.4) is 0 Å². The van der Waals surface area contributed by atoms with E-state index >= 15 is 0 Å². The van der Waals surface area contributed by atoms with Crippen LogP contribution in [-0.4, -0.2) is 53.0 Å². The first-order valence-electron chi connectivity index (χ1n) is 13.4. The molecule has 1 amide bonds. The van der Waals surface area contributed by atoms with Gasteiger partial charge in [-0.1, -0.05) is 48.5 Å². The number of carbonyl (C=O) groups excluding carboxylic acids is 1. The summed E-state index contributed by atoms with van der Waals surface area (Å²) in [6.45, 7) is 5.05. The van der Waals surface area contributed by atoms with Gasteiger partial charge in [0.1, 0.15) is 5.82 Å². The Hall–Kier alpha value is -3.90. The molecule has 2 aliphatic heterocycles. The van der Waals surface area contributed by atoms with E-state index in [1.54, 1.807) is 0 Å². The van der Waals surface area contributed by atoms with E-state index in [4.69, 9.17) is 0 Å². The van der Waals surface area contributed by atoms with Crippen molar-refractivity contribution in [3.63, 3.8) is 0 Å². The molecule has 1 saturated heterocycles. The summed E-state index contributed by atoms with van der Waals surface area (Å²) >= 11 is 0. The smallest absolute Gasteiger partial charge is 0.255 e. The molecule has 0 spiro atoms. The predicted molar refractivity (Wildman–Crippen MR) is 149 cm³/mol. The second-order valence-electron chi connectivity index (χ2n) is 10.4. The molecule has 6 rings (SSSR count). The fourth-order valence-electron chi connectivity index (χ4n) is 6.10. The van der Waals surface area contributed by atoms with Gasteiger partial charge in [0.15, 0.2) is 0 Å². The maximum atomic E-state index is 14.0. The lowest BCUT2D eigenvalue weighted by Gasteiger charge is -2.45. The third-order valence-corrected chi connectivity index (χ3v) is 8.07. The number of piperazine rings is 1. The van der Waals surface area contributed by atoms with E-state index in [2.05, 4.69) is 68.9 Å². The van der Waals surface area contributed by atoms with Crippen molar-refractivity contribution in [3.8, 4) is 0 Å². The predicted octanol–water partition coefficient (Wildman–Crippen LogP) is 5.47. The third-order valence-electron chi connectivity index (χ3n) is 8.07. The molecule has 2 unspecified atom stereocenters. The molecule has 6 heteroatoms. The van der Waals surface area contributed by atoms with Crippen LogP contribution in [-0.2, 0) is 13.6 Å². The lowest BCUT2D eigenvalue weighted by molar-refractivity contribution is 0.0543. The molecule has 3 aromatic carbocycles. The number of amides is 1. The van der Waals surface area contributed by atoms with Gasteiger partial charge >= 0.3 is 0 Å². The Morgan fingerprint density at radius 2 is 1.53 bits per heavy atom. The van der Waals surface area contributed by atoms with Crippen LogP contribution in [0.15, 0.2) is 97.2 Å². The van der Waals surface area contributed by atoms with Crippen molar-refractivity contribution in [1.82, 2.24) is 14.4 Å². The van der Waals surface area contributed by atoms with Crippen molar-refractivity contribution < 1.29 is 9.18 Å². The Bertz CT molecular complexity index is 1390. The molecule has 5 nitrogen and oxygen atoms in total. The van der Waals surface area contributed by atoms with Crippen molar-refractivity contribution in [1.29, 1.82) is 0 Å². The highest BCUT2D eigenvalue weighted by atomic mass is 19.1. The number of aromatic nitrogens is 1. The van der Waals surface area contributed by atoms with Gasteiger partial charge in [0, 0.05) is 75.4 Å². The normalized spacial score (nSPS) is 20.0. The maximum absolute atomic E-state index is 14.0. The standard InChI is InChI=1S/C32H33FN4O/c1-34-17-7-12-30(34)31-29(23-35-18-20-36(21-19-35)26-15-13-25(33)14-16-26)27-10-5-6-11-28(27)32(38)37(31)22-24-8-3-2-4-9-24/h2-17,29,31H,18-23H2,1H3. The van der Waals surface area contributed by atoms with Crippen LogP contribution >= 0.6 is 0 Å². The van der Waals surface area contributed by atoms with Gasteiger partial charge in [-0.3, -0.25) is 9.69 Å². The van der Waals surface area contributed by atoms with Gasteiger partial charge in [0.05, 0.1) is 6.04 Å². The highest BCUT2D eigenvalue weighted by Gasteiger charge is 2.42.